The highest BCUT2D eigenvalue weighted by molar-refractivity contribution is 5.81. The fraction of sp³-hybridized carbons (Fsp3) is 0.917. The number of amides is 1. The van der Waals surface area contributed by atoms with E-state index < -0.39 is 0 Å². The number of primary amides is 1. The first-order chi connectivity index (χ1) is 6.79. The normalized spacial score (nSPS) is 62.4. The summed E-state index contributed by atoms with van der Waals surface area (Å²) in [6.45, 7) is 0. The lowest BCUT2D eigenvalue weighted by Gasteiger charge is -2.23. The molecular formula is C12H17NO. The van der Waals surface area contributed by atoms with Crippen LogP contribution in [0.4, 0.5) is 0 Å². The molecule has 2 N–H and O–H groups in total. The summed E-state index contributed by atoms with van der Waals surface area (Å²) >= 11 is 0. The van der Waals surface area contributed by atoms with Gasteiger partial charge in [0.05, 0.1) is 0 Å². The minimum atomic E-state index is -0.00493. The van der Waals surface area contributed by atoms with Gasteiger partial charge in [-0.25, -0.2) is 0 Å². The lowest BCUT2D eigenvalue weighted by Crippen LogP contribution is -2.19. The highest BCUT2D eigenvalue weighted by Crippen LogP contribution is 2.75. The van der Waals surface area contributed by atoms with Gasteiger partial charge in [-0.3, -0.25) is 4.79 Å². The third-order valence-electron chi connectivity index (χ3n) is 5.72. The Kier molecular flexibility index (Phi) is 1.20. The minimum absolute atomic E-state index is 0.00493. The van der Waals surface area contributed by atoms with Crippen LogP contribution in [0.15, 0.2) is 0 Å². The average molecular weight is 191 g/mol. The van der Waals surface area contributed by atoms with Gasteiger partial charge in [-0.05, 0) is 54.8 Å². The van der Waals surface area contributed by atoms with E-state index in [0.717, 1.165) is 35.5 Å². The van der Waals surface area contributed by atoms with Gasteiger partial charge in [-0.2, -0.15) is 0 Å². The van der Waals surface area contributed by atoms with Gasteiger partial charge >= 0.3 is 0 Å². The summed E-state index contributed by atoms with van der Waals surface area (Å²) in [5, 5.41) is 0. The molecule has 0 radical (unpaired) electrons. The van der Waals surface area contributed by atoms with Gasteiger partial charge in [0, 0.05) is 5.92 Å². The van der Waals surface area contributed by atoms with Crippen LogP contribution in [0.25, 0.3) is 0 Å². The molecule has 76 valence electrons. The van der Waals surface area contributed by atoms with Crippen molar-refractivity contribution in [1.82, 2.24) is 0 Å². The molecule has 0 aromatic rings. The summed E-state index contributed by atoms with van der Waals surface area (Å²) < 4.78 is 0. The summed E-state index contributed by atoms with van der Waals surface area (Å²) in [6, 6.07) is 0. The molecule has 1 amide bonds. The number of hydrogen-bond donors (Lipinski definition) is 1. The second kappa shape index (κ2) is 2.17. The van der Waals surface area contributed by atoms with E-state index in [1.165, 1.54) is 25.7 Å². The standard InChI is InChI=1S/C12H17NO/c13-12(14)11-9-7-4-8(10(9)11)6-3-1-2-5(6)7/h5-11H,1-4H2,(H2,13,14)/t5-,6+,7-,8+,9+,10-,11?. The molecule has 0 heterocycles. The number of fused-ring (bicyclic) bond motifs is 8. The Morgan fingerprint density at radius 3 is 2.07 bits per heavy atom. The topological polar surface area (TPSA) is 43.1 Å². The second-order valence-corrected chi connectivity index (χ2v) is 5.90. The van der Waals surface area contributed by atoms with Crippen molar-refractivity contribution >= 4 is 5.91 Å². The van der Waals surface area contributed by atoms with Gasteiger partial charge < -0.3 is 5.73 Å². The van der Waals surface area contributed by atoms with E-state index >= 15 is 0 Å². The van der Waals surface area contributed by atoms with E-state index in [2.05, 4.69) is 0 Å². The van der Waals surface area contributed by atoms with Crippen LogP contribution in [0.5, 0.6) is 0 Å². The number of nitrogens with two attached hydrogens (primary N) is 1. The van der Waals surface area contributed by atoms with Crippen LogP contribution < -0.4 is 5.73 Å². The zero-order chi connectivity index (χ0) is 9.45. The van der Waals surface area contributed by atoms with Crippen LogP contribution in [0.1, 0.15) is 25.7 Å². The van der Waals surface area contributed by atoms with E-state index in [0.29, 0.717) is 5.92 Å². The summed E-state index contributed by atoms with van der Waals surface area (Å²) in [7, 11) is 0. The second-order valence-electron chi connectivity index (χ2n) is 5.90. The Morgan fingerprint density at radius 1 is 1.00 bits per heavy atom. The number of hydrogen-bond acceptors (Lipinski definition) is 1. The summed E-state index contributed by atoms with van der Waals surface area (Å²) in [5.74, 6) is 5.54. The molecule has 4 saturated carbocycles. The van der Waals surface area contributed by atoms with E-state index in [1.807, 2.05) is 0 Å². The molecule has 7 atom stereocenters. The van der Waals surface area contributed by atoms with Crippen LogP contribution >= 0.6 is 0 Å². The molecule has 14 heavy (non-hydrogen) atoms. The minimum Gasteiger partial charge on any atom is -0.369 e. The summed E-state index contributed by atoms with van der Waals surface area (Å²) in [6.07, 6.45) is 5.78. The first-order valence-electron chi connectivity index (χ1n) is 6.08. The van der Waals surface area contributed by atoms with Gasteiger partial charge in [0.25, 0.3) is 0 Å². The molecule has 1 unspecified atom stereocenters. The lowest BCUT2D eigenvalue weighted by molar-refractivity contribution is -0.120. The van der Waals surface area contributed by atoms with Gasteiger partial charge in [-0.1, -0.05) is 6.42 Å². The van der Waals surface area contributed by atoms with Crippen LogP contribution in [0.2, 0.25) is 0 Å². The van der Waals surface area contributed by atoms with Crippen LogP contribution in [-0.2, 0) is 4.79 Å². The van der Waals surface area contributed by atoms with E-state index in [1.54, 1.807) is 0 Å². The predicted molar refractivity (Wildman–Crippen MR) is 52.1 cm³/mol. The maximum absolute atomic E-state index is 11.2. The van der Waals surface area contributed by atoms with Crippen LogP contribution in [-0.4, -0.2) is 5.91 Å². The highest BCUT2D eigenvalue weighted by Gasteiger charge is 2.72. The quantitative estimate of drug-likeness (QED) is 0.669. The number of carbonyl (C=O) groups excluding carboxylic acids is 1. The smallest absolute Gasteiger partial charge is 0.221 e. The van der Waals surface area contributed by atoms with E-state index in [-0.39, 0.29) is 5.91 Å². The molecule has 0 aliphatic heterocycles. The average Bonchev–Trinajstić information content (AvgIpc) is 2.52. The highest BCUT2D eigenvalue weighted by atomic mass is 16.1. The van der Waals surface area contributed by atoms with E-state index in [9.17, 15) is 4.79 Å². The third kappa shape index (κ3) is 0.665. The monoisotopic (exact) mass is 191 g/mol. The molecule has 4 rings (SSSR count). The van der Waals surface area contributed by atoms with Crippen molar-refractivity contribution in [3.63, 3.8) is 0 Å². The Hall–Kier alpha value is -0.530. The Bertz CT molecular complexity index is 291. The third-order valence-corrected chi connectivity index (χ3v) is 5.72. The summed E-state index contributed by atoms with van der Waals surface area (Å²) in [4.78, 5) is 11.2. The van der Waals surface area contributed by atoms with E-state index in [4.69, 9.17) is 5.73 Å². The molecule has 4 aliphatic rings. The Labute approximate surface area is 84.2 Å². The first-order valence-corrected chi connectivity index (χ1v) is 6.08. The summed E-state index contributed by atoms with van der Waals surface area (Å²) in [5.41, 5.74) is 5.45. The van der Waals surface area contributed by atoms with Gasteiger partial charge in [0.2, 0.25) is 5.91 Å². The van der Waals surface area contributed by atoms with Crippen molar-refractivity contribution in [3.05, 3.63) is 0 Å². The molecule has 4 aliphatic carbocycles. The van der Waals surface area contributed by atoms with Gasteiger partial charge in [0.1, 0.15) is 0 Å². The maximum Gasteiger partial charge on any atom is 0.221 e. The molecule has 0 spiro atoms. The largest absolute Gasteiger partial charge is 0.369 e. The zero-order valence-corrected chi connectivity index (χ0v) is 8.36. The van der Waals surface area contributed by atoms with Crippen molar-refractivity contribution in [2.45, 2.75) is 25.7 Å². The van der Waals surface area contributed by atoms with Gasteiger partial charge in [-0.15, -0.1) is 0 Å². The SMILES string of the molecule is NC(=O)C1[C@@H]2[C@H]3C[C@H]([C@@H]4CCC[C@@H]43)[C@H]12. The molecule has 0 saturated heterocycles. The Balaban J connectivity index is 1.67. The molecule has 0 aromatic carbocycles. The van der Waals surface area contributed by atoms with Crippen LogP contribution in [0, 0.1) is 41.4 Å². The molecule has 2 bridgehead atoms. The molecule has 2 nitrogen and oxygen atoms in total. The molecular weight excluding hydrogens is 174 g/mol. The zero-order valence-electron chi connectivity index (χ0n) is 8.36. The van der Waals surface area contributed by atoms with Crippen molar-refractivity contribution < 1.29 is 4.79 Å². The fourth-order valence-electron chi connectivity index (χ4n) is 5.47. The number of rotatable bonds is 1. The van der Waals surface area contributed by atoms with Crippen LogP contribution in [0.3, 0.4) is 0 Å². The molecule has 0 aromatic heterocycles. The maximum atomic E-state index is 11.2. The van der Waals surface area contributed by atoms with Crippen molar-refractivity contribution in [3.8, 4) is 0 Å². The number of carbonyl (C=O) groups is 1. The fourth-order valence-corrected chi connectivity index (χ4v) is 5.47. The molecule has 2 heteroatoms. The lowest BCUT2D eigenvalue weighted by atomic mass is 9.82. The predicted octanol–water partition coefficient (Wildman–Crippen LogP) is 1.40. The van der Waals surface area contributed by atoms with Crippen molar-refractivity contribution in [2.75, 3.05) is 0 Å². The van der Waals surface area contributed by atoms with Crippen molar-refractivity contribution in [2.24, 2.45) is 47.2 Å². The molecule has 4 fully saturated rings. The first kappa shape index (κ1) is 7.72. The van der Waals surface area contributed by atoms with Gasteiger partial charge in [0.15, 0.2) is 0 Å². The Morgan fingerprint density at radius 2 is 1.57 bits per heavy atom. The van der Waals surface area contributed by atoms with Crippen molar-refractivity contribution in [1.29, 1.82) is 0 Å².